The molecule has 0 radical (unpaired) electrons. The molecule has 0 aliphatic carbocycles. The molecule has 1 amide bonds. The SMILES string of the molecule is CSCC[C@H](NC(=O)c1cc(OC[C@@H]2C[C@H](S)CN2)ccc1CCc1ccc(F)cc1)C(C)=O. The maximum Gasteiger partial charge on any atom is 0.252 e. The Morgan fingerprint density at radius 3 is 2.65 bits per heavy atom. The van der Waals surface area contributed by atoms with Gasteiger partial charge in [-0.1, -0.05) is 18.2 Å². The normalized spacial score (nSPS) is 18.5. The first-order valence-corrected chi connectivity index (χ1v) is 13.5. The summed E-state index contributed by atoms with van der Waals surface area (Å²) in [7, 11) is 0. The van der Waals surface area contributed by atoms with Crippen molar-refractivity contribution in [3.63, 3.8) is 0 Å². The Balaban J connectivity index is 1.76. The lowest BCUT2D eigenvalue weighted by Gasteiger charge is -2.18. The molecule has 8 heteroatoms. The molecule has 3 atom stereocenters. The van der Waals surface area contributed by atoms with Crippen molar-refractivity contribution < 1.29 is 18.7 Å². The number of rotatable bonds is 12. The number of benzene rings is 2. The van der Waals surface area contributed by atoms with E-state index in [1.807, 2.05) is 18.4 Å². The van der Waals surface area contributed by atoms with E-state index < -0.39 is 6.04 Å². The first-order chi connectivity index (χ1) is 16.4. The van der Waals surface area contributed by atoms with Crippen molar-refractivity contribution in [1.82, 2.24) is 10.6 Å². The monoisotopic (exact) mass is 504 g/mol. The predicted molar refractivity (Wildman–Crippen MR) is 140 cm³/mol. The summed E-state index contributed by atoms with van der Waals surface area (Å²) in [6.45, 7) is 2.86. The summed E-state index contributed by atoms with van der Waals surface area (Å²) in [4.78, 5) is 25.3. The maximum absolute atomic E-state index is 13.3. The molecule has 0 spiro atoms. The fourth-order valence-electron chi connectivity index (χ4n) is 3.98. The molecule has 1 fully saturated rings. The lowest BCUT2D eigenvalue weighted by Crippen LogP contribution is -2.40. The Hall–Kier alpha value is -2.03. The standard InChI is InChI=1S/C26H33FN2O3S2/c1-17(30)25(11-12-34-2)29-26(31)24-14-22(32-16-21-13-23(33)15-28-21)10-7-19(24)6-3-18-4-8-20(27)9-5-18/h4-5,7-10,14,21,23,25,28,33H,3,6,11-13,15-16H2,1-2H3,(H,29,31)/t21-,23-,25-/m0/s1. The number of Topliss-reactive ketones (excluding diaryl/α,β-unsaturated/α-hetero) is 1. The summed E-state index contributed by atoms with van der Waals surface area (Å²) in [5.41, 5.74) is 2.35. The van der Waals surface area contributed by atoms with E-state index in [0.29, 0.717) is 42.4 Å². The number of hydrogen-bond donors (Lipinski definition) is 3. The van der Waals surface area contributed by atoms with Crippen LogP contribution in [0.25, 0.3) is 0 Å². The zero-order valence-electron chi connectivity index (χ0n) is 19.7. The van der Waals surface area contributed by atoms with E-state index in [1.165, 1.54) is 19.1 Å². The first kappa shape index (κ1) is 26.6. The Morgan fingerprint density at radius 1 is 1.24 bits per heavy atom. The van der Waals surface area contributed by atoms with Gasteiger partial charge in [-0.05, 0) is 80.0 Å². The van der Waals surface area contributed by atoms with E-state index in [4.69, 9.17) is 4.74 Å². The maximum atomic E-state index is 13.3. The first-order valence-electron chi connectivity index (χ1n) is 11.6. The molecular formula is C26H33FN2O3S2. The molecule has 184 valence electrons. The van der Waals surface area contributed by atoms with Crippen molar-refractivity contribution in [1.29, 1.82) is 0 Å². The summed E-state index contributed by atoms with van der Waals surface area (Å²) in [5.74, 6) is 0.785. The minimum absolute atomic E-state index is 0.0590. The van der Waals surface area contributed by atoms with Gasteiger partial charge in [-0.2, -0.15) is 24.4 Å². The number of thioether (sulfide) groups is 1. The molecule has 0 saturated carbocycles. The van der Waals surface area contributed by atoms with Gasteiger partial charge in [0.05, 0.1) is 6.04 Å². The van der Waals surface area contributed by atoms with Crippen LogP contribution >= 0.6 is 24.4 Å². The van der Waals surface area contributed by atoms with Crippen LogP contribution in [0.4, 0.5) is 4.39 Å². The Morgan fingerprint density at radius 2 is 2.00 bits per heavy atom. The Kier molecular flexibility index (Phi) is 10.3. The number of nitrogens with one attached hydrogen (secondary N) is 2. The molecule has 2 aromatic carbocycles. The van der Waals surface area contributed by atoms with Crippen molar-refractivity contribution in [2.24, 2.45) is 0 Å². The average Bonchev–Trinajstić information content (AvgIpc) is 3.25. The van der Waals surface area contributed by atoms with Crippen LogP contribution in [-0.4, -0.2) is 54.2 Å². The van der Waals surface area contributed by atoms with E-state index in [1.54, 1.807) is 30.0 Å². The highest BCUT2D eigenvalue weighted by molar-refractivity contribution is 7.98. The third-order valence-electron chi connectivity index (χ3n) is 5.98. The van der Waals surface area contributed by atoms with Crippen LogP contribution in [0.1, 0.15) is 41.3 Å². The van der Waals surface area contributed by atoms with Crippen molar-refractivity contribution >= 4 is 36.1 Å². The molecule has 5 nitrogen and oxygen atoms in total. The second kappa shape index (κ2) is 13.2. The van der Waals surface area contributed by atoms with Crippen LogP contribution in [0.5, 0.6) is 5.75 Å². The molecule has 1 aliphatic heterocycles. The van der Waals surface area contributed by atoms with Gasteiger partial charge in [0.2, 0.25) is 0 Å². The van der Waals surface area contributed by atoms with E-state index in [2.05, 4.69) is 23.3 Å². The van der Waals surface area contributed by atoms with Crippen LogP contribution < -0.4 is 15.4 Å². The van der Waals surface area contributed by atoms with Gasteiger partial charge in [0, 0.05) is 23.4 Å². The number of amides is 1. The highest BCUT2D eigenvalue weighted by Crippen LogP contribution is 2.22. The van der Waals surface area contributed by atoms with Gasteiger partial charge in [0.15, 0.2) is 5.78 Å². The summed E-state index contributed by atoms with van der Waals surface area (Å²) >= 11 is 6.14. The van der Waals surface area contributed by atoms with Crippen molar-refractivity contribution in [3.8, 4) is 5.75 Å². The topological polar surface area (TPSA) is 67.4 Å². The molecular weight excluding hydrogens is 471 g/mol. The minimum Gasteiger partial charge on any atom is -0.492 e. The number of ether oxygens (including phenoxy) is 1. The van der Waals surface area contributed by atoms with Crippen LogP contribution in [-0.2, 0) is 17.6 Å². The van der Waals surface area contributed by atoms with E-state index in [9.17, 15) is 14.0 Å². The number of halogens is 1. The summed E-state index contributed by atoms with van der Waals surface area (Å²) < 4.78 is 19.2. The lowest BCUT2D eigenvalue weighted by atomic mass is 9.98. The molecule has 0 unspecified atom stereocenters. The zero-order valence-corrected chi connectivity index (χ0v) is 21.4. The summed E-state index contributed by atoms with van der Waals surface area (Å²) in [6.07, 6.45) is 4.76. The van der Waals surface area contributed by atoms with Crippen molar-refractivity contribution in [2.75, 3.05) is 25.2 Å². The molecule has 0 bridgehead atoms. The second-order valence-electron chi connectivity index (χ2n) is 8.67. The predicted octanol–water partition coefficient (Wildman–Crippen LogP) is 4.09. The van der Waals surface area contributed by atoms with Gasteiger partial charge in [0.1, 0.15) is 18.2 Å². The van der Waals surface area contributed by atoms with Crippen molar-refractivity contribution in [3.05, 3.63) is 65.0 Å². The van der Waals surface area contributed by atoms with Gasteiger partial charge in [0.25, 0.3) is 5.91 Å². The van der Waals surface area contributed by atoms with Crippen LogP contribution in [0, 0.1) is 5.82 Å². The van der Waals surface area contributed by atoms with Gasteiger partial charge >= 0.3 is 0 Å². The third-order valence-corrected chi connectivity index (χ3v) is 7.02. The number of ketones is 1. The molecule has 0 aromatic heterocycles. The fraction of sp³-hybridized carbons (Fsp3) is 0.462. The van der Waals surface area contributed by atoms with E-state index in [-0.39, 0.29) is 23.5 Å². The van der Waals surface area contributed by atoms with E-state index >= 15 is 0 Å². The number of aryl methyl sites for hydroxylation is 2. The summed E-state index contributed by atoms with van der Waals surface area (Å²) in [5, 5.41) is 6.62. The molecule has 1 aliphatic rings. The van der Waals surface area contributed by atoms with E-state index in [0.717, 1.165) is 29.8 Å². The number of carbonyl (C=O) groups is 2. The highest BCUT2D eigenvalue weighted by atomic mass is 32.2. The van der Waals surface area contributed by atoms with Crippen LogP contribution in [0.3, 0.4) is 0 Å². The minimum atomic E-state index is -0.524. The molecule has 2 aromatic rings. The van der Waals surface area contributed by atoms with Crippen LogP contribution in [0.2, 0.25) is 0 Å². The lowest BCUT2D eigenvalue weighted by molar-refractivity contribution is -0.118. The largest absolute Gasteiger partial charge is 0.492 e. The zero-order chi connectivity index (χ0) is 24.5. The van der Waals surface area contributed by atoms with Crippen LogP contribution in [0.15, 0.2) is 42.5 Å². The summed E-state index contributed by atoms with van der Waals surface area (Å²) in [6, 6.07) is 11.6. The fourth-order valence-corrected chi connectivity index (χ4v) is 4.81. The average molecular weight is 505 g/mol. The third kappa shape index (κ3) is 8.03. The van der Waals surface area contributed by atoms with Gasteiger partial charge < -0.3 is 15.4 Å². The Labute approximate surface area is 211 Å². The molecule has 1 saturated heterocycles. The Bertz CT molecular complexity index is 971. The highest BCUT2D eigenvalue weighted by Gasteiger charge is 2.23. The quantitative estimate of drug-likeness (QED) is 0.380. The number of carbonyl (C=O) groups excluding carboxylic acids is 2. The molecule has 34 heavy (non-hydrogen) atoms. The van der Waals surface area contributed by atoms with Crippen molar-refractivity contribution in [2.45, 2.75) is 49.9 Å². The van der Waals surface area contributed by atoms with Gasteiger partial charge in [-0.15, -0.1) is 0 Å². The molecule has 1 heterocycles. The number of hydrogen-bond acceptors (Lipinski definition) is 6. The molecule has 2 N–H and O–H groups in total. The number of thiol groups is 1. The molecule has 3 rings (SSSR count). The van der Waals surface area contributed by atoms with Gasteiger partial charge in [-0.25, -0.2) is 4.39 Å². The van der Waals surface area contributed by atoms with Gasteiger partial charge in [-0.3, -0.25) is 9.59 Å². The smallest absolute Gasteiger partial charge is 0.252 e. The second-order valence-corrected chi connectivity index (χ2v) is 10.4.